The average Bonchev–Trinajstić information content (AvgIpc) is 2.95. The van der Waals surface area contributed by atoms with Crippen LogP contribution in [-0.2, 0) is 33.1 Å². The number of rotatable bonds is 6. The Hall–Kier alpha value is -2.05. The van der Waals surface area contributed by atoms with Gasteiger partial charge in [-0.25, -0.2) is 26.0 Å². The molecule has 0 unspecified atom stereocenters. The fourth-order valence-corrected chi connectivity index (χ4v) is 3.80. The molecule has 0 aliphatic rings. The summed E-state index contributed by atoms with van der Waals surface area (Å²) in [6, 6.07) is 0. The first kappa shape index (κ1) is 37.1. The fraction of sp³-hybridized carbons (Fsp3) is 0.750. The largest absolute Gasteiger partial charge is 0.512 e. The van der Waals surface area contributed by atoms with Gasteiger partial charge in [0.25, 0.3) is 0 Å². The van der Waals surface area contributed by atoms with Crippen molar-refractivity contribution in [2.75, 3.05) is 0 Å². The number of hydrogen-bond acceptors (Lipinski definition) is 4. The zero-order valence-corrected chi connectivity index (χ0v) is 17.7. The Balaban J connectivity index is 0. The van der Waals surface area contributed by atoms with Crippen molar-refractivity contribution in [3.05, 3.63) is 18.7 Å². The summed E-state index contributed by atoms with van der Waals surface area (Å²) in [6.45, 7) is -3.22. The van der Waals surface area contributed by atoms with E-state index in [1.165, 1.54) is 0 Å². The van der Waals surface area contributed by atoms with Crippen LogP contribution in [0.25, 0.3) is 0 Å². The second-order valence-electron chi connectivity index (χ2n) is 6.13. The summed E-state index contributed by atoms with van der Waals surface area (Å²) in [7, 11) is -14.1. The van der Waals surface area contributed by atoms with Gasteiger partial charge in [0.15, 0.2) is 13.1 Å². The smallest absolute Gasteiger partial charge is 0.230 e. The zero-order chi connectivity index (χ0) is 29.4. The minimum absolute atomic E-state index is 0. The number of nitrogens with zero attached hydrogens (tertiary/aromatic N) is 2. The molecule has 1 heterocycles. The van der Waals surface area contributed by atoms with Crippen LogP contribution >= 0.6 is 0 Å². The molecule has 0 aliphatic heterocycles. The molecular weight excluding hydrogens is 618 g/mol. The zero-order valence-electron chi connectivity index (χ0n) is 16.0. The predicted octanol–water partition coefficient (Wildman–Crippen LogP) is 4.08. The summed E-state index contributed by atoms with van der Waals surface area (Å²) in [6.07, 6.45) is -15.1. The first-order valence-electron chi connectivity index (χ1n) is 7.71. The van der Waals surface area contributed by atoms with Crippen LogP contribution in [0.4, 0.5) is 70.2 Å². The molecule has 0 amide bonds. The Kier molecular flexibility index (Phi) is 11.0. The molecule has 7 nitrogen and oxygen atoms in total. The van der Waals surface area contributed by atoms with E-state index in [0.29, 0.717) is 21.7 Å². The van der Waals surface area contributed by atoms with E-state index < -0.39 is 72.5 Å². The first-order chi connectivity index (χ1) is 15.4. The molecule has 1 aromatic heterocycles. The van der Waals surface area contributed by atoms with Gasteiger partial charge in [-0.3, -0.25) is 0 Å². The maximum atomic E-state index is 12.6. The quantitative estimate of drug-likeness (QED) is 0.379. The van der Waals surface area contributed by atoms with Crippen molar-refractivity contribution >= 4 is 20.0 Å². The first-order valence-corrected chi connectivity index (χ1v) is 10.7. The summed E-state index contributed by atoms with van der Waals surface area (Å²) in [5.41, 5.74) is -6.37. The molecule has 0 radical (unpaired) electrons. The molecule has 0 fully saturated rings. The van der Waals surface area contributed by atoms with E-state index in [1.54, 1.807) is 0 Å². The minimum Gasteiger partial charge on any atom is -0.230 e. The highest BCUT2D eigenvalue weighted by Crippen LogP contribution is 2.40. The molecule has 1 N–H and O–H groups in total. The standard InChI is InChI=1S/C8H7F8N2.C3HF8NO4S2.CH4/c9-6(10,8(14,15)16)3-17-1-2-18(5-17)4-7(11,12)13;4-1(5,6)2(7,8)17(13,14)12-18(15,16)3(9,10)11;/h1-2,5H,3-4H2;12H;1H4/q+1;;. The fourth-order valence-electron chi connectivity index (χ4n) is 1.55. The average molecular weight is 630 g/mol. The molecule has 0 aromatic carbocycles. The van der Waals surface area contributed by atoms with Crippen molar-refractivity contribution in [2.24, 2.45) is 0 Å². The highest BCUT2D eigenvalue weighted by molar-refractivity contribution is 8.05. The lowest BCUT2D eigenvalue weighted by atomic mass is 10.3. The van der Waals surface area contributed by atoms with Crippen LogP contribution in [-0.4, -0.2) is 56.6 Å². The number of nitrogens with one attached hydrogen (secondary N) is 1. The molecule has 0 atom stereocenters. The van der Waals surface area contributed by atoms with E-state index in [0.717, 1.165) is 6.20 Å². The normalized spacial score (nSPS) is 14.5. The van der Waals surface area contributed by atoms with Crippen molar-refractivity contribution in [3.8, 4) is 0 Å². The van der Waals surface area contributed by atoms with Crippen LogP contribution in [0, 0.1) is 0 Å². The third-order valence-electron chi connectivity index (χ3n) is 3.10. The number of hydrogen-bond donors (Lipinski definition) is 1. The van der Waals surface area contributed by atoms with E-state index >= 15 is 0 Å². The molecule has 0 saturated carbocycles. The molecule has 0 aliphatic carbocycles. The van der Waals surface area contributed by atoms with Crippen LogP contribution in [0.15, 0.2) is 18.7 Å². The topological polar surface area (TPSA) is 89.1 Å². The Bertz CT molecular complexity index is 1100. The third-order valence-corrected chi connectivity index (χ3v) is 6.37. The monoisotopic (exact) mass is 630 g/mol. The van der Waals surface area contributed by atoms with Crippen LogP contribution in [0.5, 0.6) is 0 Å². The highest BCUT2D eigenvalue weighted by Gasteiger charge is 2.69. The van der Waals surface area contributed by atoms with E-state index in [-0.39, 0.29) is 7.43 Å². The van der Waals surface area contributed by atoms with Crippen LogP contribution in [0.1, 0.15) is 7.43 Å². The Morgan fingerprint density at radius 2 is 1.14 bits per heavy atom. The van der Waals surface area contributed by atoms with Crippen molar-refractivity contribution in [1.82, 2.24) is 8.69 Å². The molecule has 25 heteroatoms. The molecule has 37 heavy (non-hydrogen) atoms. The minimum atomic E-state index is -7.17. The lowest BCUT2D eigenvalue weighted by Crippen LogP contribution is -2.53. The number of halogens is 16. The van der Waals surface area contributed by atoms with Crippen LogP contribution < -0.4 is 8.69 Å². The van der Waals surface area contributed by atoms with E-state index in [2.05, 4.69) is 0 Å². The van der Waals surface area contributed by atoms with Gasteiger partial charge in [0.05, 0.1) is 0 Å². The second-order valence-corrected chi connectivity index (χ2v) is 9.78. The Labute approximate surface area is 195 Å². The molecule has 1 aromatic rings. The van der Waals surface area contributed by atoms with Gasteiger partial charge >= 0.3 is 55.3 Å². The van der Waals surface area contributed by atoms with Gasteiger partial charge in [-0.1, -0.05) is 11.6 Å². The van der Waals surface area contributed by atoms with Gasteiger partial charge in [-0.05, 0) is 0 Å². The van der Waals surface area contributed by atoms with Crippen molar-refractivity contribution in [2.45, 2.75) is 55.7 Å². The Morgan fingerprint density at radius 1 is 0.703 bits per heavy atom. The van der Waals surface area contributed by atoms with Gasteiger partial charge < -0.3 is 0 Å². The third kappa shape index (κ3) is 9.97. The second kappa shape index (κ2) is 11.0. The van der Waals surface area contributed by atoms with Gasteiger partial charge in [-0.2, -0.15) is 70.2 Å². The van der Waals surface area contributed by atoms with Gasteiger partial charge in [-0.15, -0.1) is 0 Å². The molecule has 0 bridgehead atoms. The molecule has 222 valence electrons. The number of imidazole rings is 1. The van der Waals surface area contributed by atoms with Crippen molar-refractivity contribution in [3.63, 3.8) is 0 Å². The highest BCUT2D eigenvalue weighted by atomic mass is 32.3. The lowest BCUT2D eigenvalue weighted by Gasteiger charge is -2.20. The summed E-state index contributed by atoms with van der Waals surface area (Å²) in [5.74, 6) is -5.00. The predicted molar refractivity (Wildman–Crippen MR) is 86.4 cm³/mol. The van der Waals surface area contributed by atoms with Crippen LogP contribution in [0.3, 0.4) is 0 Å². The van der Waals surface area contributed by atoms with Gasteiger partial charge in [0.1, 0.15) is 12.4 Å². The van der Waals surface area contributed by atoms with Gasteiger partial charge in [0, 0.05) is 0 Å². The van der Waals surface area contributed by atoms with E-state index in [4.69, 9.17) is 0 Å². The summed E-state index contributed by atoms with van der Waals surface area (Å²) in [5, 5.41) is -6.71. The van der Waals surface area contributed by atoms with E-state index in [1.807, 2.05) is 0 Å². The number of aromatic nitrogens is 2. The summed E-state index contributed by atoms with van der Waals surface area (Å²) >= 11 is 0. The summed E-state index contributed by atoms with van der Waals surface area (Å²) in [4.78, 5) is 0. The maximum Gasteiger partial charge on any atom is 0.512 e. The lowest BCUT2D eigenvalue weighted by molar-refractivity contribution is -0.719. The maximum absolute atomic E-state index is 12.6. The molecule has 0 spiro atoms. The van der Waals surface area contributed by atoms with Crippen molar-refractivity contribution in [1.29, 1.82) is 0 Å². The van der Waals surface area contributed by atoms with Crippen LogP contribution in [0.2, 0.25) is 0 Å². The van der Waals surface area contributed by atoms with Crippen molar-refractivity contribution < 1.29 is 91.6 Å². The Morgan fingerprint density at radius 3 is 1.46 bits per heavy atom. The summed E-state index contributed by atoms with van der Waals surface area (Å²) < 4.78 is 231. The molecular formula is C12H12F16N3O4S2+. The van der Waals surface area contributed by atoms with Gasteiger partial charge in [0.2, 0.25) is 6.33 Å². The molecule has 0 saturated heterocycles. The molecule has 1 rings (SSSR count). The van der Waals surface area contributed by atoms with E-state index in [9.17, 15) is 87.1 Å². The number of alkyl halides is 16. The SMILES string of the molecule is C.FC(F)(F)Cn1cc[n+](CC(F)(F)C(F)(F)F)c1.O=S(=O)(NS(=O)(=O)C(F)(F)C(F)(F)F)C(F)(F)F. The number of sulfonamides is 2.